The van der Waals surface area contributed by atoms with Gasteiger partial charge in [-0.05, 0) is 0 Å². The molecule has 0 aromatic heterocycles. The van der Waals surface area contributed by atoms with Gasteiger partial charge < -0.3 is 41.2 Å². The molecule has 68 valence electrons. The third-order valence-corrected chi connectivity index (χ3v) is 0. The molecule has 0 radical (unpaired) electrons. The SMILES string of the molecule is O.O.O.O.O.O.O.S.[H-].[H-].[Mg+2]. The van der Waals surface area contributed by atoms with E-state index < -0.39 is 0 Å². The monoisotopic (exact) mass is 186 g/mol. The van der Waals surface area contributed by atoms with Gasteiger partial charge in [0.2, 0.25) is 0 Å². The van der Waals surface area contributed by atoms with Gasteiger partial charge in [-0.15, -0.1) is 0 Å². The second kappa shape index (κ2) is 776. The molecule has 0 aliphatic heterocycles. The second-order valence-electron chi connectivity index (χ2n) is 0. The number of hydrogen-bond acceptors (Lipinski definition) is 0. The minimum Gasteiger partial charge on any atom is -1.00 e. The van der Waals surface area contributed by atoms with Crippen LogP contribution in [0, 0.1) is 0 Å². The van der Waals surface area contributed by atoms with Crippen molar-refractivity contribution in [3.05, 3.63) is 0 Å². The van der Waals surface area contributed by atoms with Crippen LogP contribution in [0.5, 0.6) is 0 Å². The fraction of sp³-hybridized carbons (Fsp3) is 0. The number of hydrogen-bond donors (Lipinski definition) is 0. The predicted molar refractivity (Wildman–Crippen MR) is 43.7 cm³/mol. The molecule has 0 unspecified atom stereocenters. The van der Waals surface area contributed by atoms with E-state index >= 15 is 0 Å². The zero-order valence-electron chi connectivity index (χ0n) is 6.71. The van der Waals surface area contributed by atoms with Gasteiger partial charge in [-0.25, -0.2) is 0 Å². The van der Waals surface area contributed by atoms with Gasteiger partial charge in [-0.2, -0.15) is 13.5 Å². The van der Waals surface area contributed by atoms with E-state index in [9.17, 15) is 0 Å². The van der Waals surface area contributed by atoms with Crippen LogP contribution in [0.3, 0.4) is 0 Å². The largest absolute Gasteiger partial charge is 2.00 e. The van der Waals surface area contributed by atoms with E-state index in [1.54, 1.807) is 0 Å². The van der Waals surface area contributed by atoms with Crippen molar-refractivity contribution in [1.82, 2.24) is 0 Å². The van der Waals surface area contributed by atoms with Crippen LogP contribution in [0.1, 0.15) is 2.85 Å². The van der Waals surface area contributed by atoms with Crippen LogP contribution >= 0.6 is 13.5 Å². The van der Waals surface area contributed by atoms with Crippen LogP contribution < -0.4 is 0 Å². The molecule has 9 heavy (non-hydrogen) atoms. The normalized spacial score (nSPS) is 0. The van der Waals surface area contributed by atoms with Crippen LogP contribution in [0.4, 0.5) is 0 Å². The summed E-state index contributed by atoms with van der Waals surface area (Å²) in [6.07, 6.45) is 0. The summed E-state index contributed by atoms with van der Waals surface area (Å²) in [5.74, 6) is 0. The van der Waals surface area contributed by atoms with Crippen molar-refractivity contribution in [1.29, 1.82) is 0 Å². The molecule has 0 aromatic rings. The first-order valence-electron chi connectivity index (χ1n) is 0. The van der Waals surface area contributed by atoms with Gasteiger partial charge in [0.15, 0.2) is 0 Å². The Morgan fingerprint density at radius 1 is 0.444 bits per heavy atom. The van der Waals surface area contributed by atoms with E-state index in [0.29, 0.717) is 0 Å². The molecule has 0 aromatic carbocycles. The molecule has 0 spiro atoms. The van der Waals surface area contributed by atoms with E-state index in [4.69, 9.17) is 0 Å². The maximum absolute atomic E-state index is 0. The first-order chi connectivity index (χ1) is 0. The zero-order chi connectivity index (χ0) is 0. The van der Waals surface area contributed by atoms with Crippen molar-refractivity contribution in [3.8, 4) is 0 Å². The summed E-state index contributed by atoms with van der Waals surface area (Å²) in [6, 6.07) is 0. The molecular weight excluding hydrogens is 168 g/mol. The Balaban J connectivity index is 0. The van der Waals surface area contributed by atoms with Gasteiger partial charge in [0.25, 0.3) is 0 Å². The minimum atomic E-state index is 0. The minimum absolute atomic E-state index is 0. The third-order valence-electron chi connectivity index (χ3n) is 0. The van der Waals surface area contributed by atoms with E-state index in [0.717, 1.165) is 0 Å². The summed E-state index contributed by atoms with van der Waals surface area (Å²) < 4.78 is 0. The summed E-state index contributed by atoms with van der Waals surface area (Å²) in [5.41, 5.74) is 0. The summed E-state index contributed by atoms with van der Waals surface area (Å²) in [4.78, 5) is 0. The Bertz CT molecular complexity index is 16.4. The van der Waals surface area contributed by atoms with E-state index in [1.807, 2.05) is 0 Å². The van der Waals surface area contributed by atoms with Crippen molar-refractivity contribution in [2.75, 3.05) is 0 Å². The summed E-state index contributed by atoms with van der Waals surface area (Å²) in [7, 11) is 0. The predicted octanol–water partition coefficient (Wildman–Crippen LogP) is -5.82. The van der Waals surface area contributed by atoms with Crippen LogP contribution in [-0.2, 0) is 0 Å². The molecule has 0 saturated carbocycles. The van der Waals surface area contributed by atoms with Crippen molar-refractivity contribution in [2.24, 2.45) is 0 Å². The average Bonchev–Trinajstić information content (AvgIpc) is 0. The summed E-state index contributed by atoms with van der Waals surface area (Å²) in [5, 5.41) is 0. The Kier molecular flexibility index (Phi) is 94700. The van der Waals surface area contributed by atoms with Gasteiger partial charge in [0.05, 0.1) is 0 Å². The van der Waals surface area contributed by atoms with Crippen LogP contribution in [0.25, 0.3) is 0 Å². The second-order valence-corrected chi connectivity index (χ2v) is 0. The van der Waals surface area contributed by atoms with Gasteiger partial charge in [0.1, 0.15) is 0 Å². The molecule has 0 aliphatic rings. The topological polar surface area (TPSA) is 220 Å². The Morgan fingerprint density at radius 2 is 0.444 bits per heavy atom. The molecule has 0 rings (SSSR count). The fourth-order valence-electron chi connectivity index (χ4n) is 0. The van der Waals surface area contributed by atoms with Crippen molar-refractivity contribution < 1.29 is 41.2 Å². The summed E-state index contributed by atoms with van der Waals surface area (Å²) >= 11 is 0. The first-order valence-corrected chi connectivity index (χ1v) is 0. The van der Waals surface area contributed by atoms with E-state index in [1.165, 1.54) is 0 Å². The molecule has 14 N–H and O–H groups in total. The molecule has 0 bridgehead atoms. The van der Waals surface area contributed by atoms with Crippen LogP contribution in [0.2, 0.25) is 0 Å². The van der Waals surface area contributed by atoms with Crippen molar-refractivity contribution in [3.63, 3.8) is 0 Å². The molecular formula is H18MgO7S. The maximum Gasteiger partial charge on any atom is 2.00 e. The maximum atomic E-state index is 0. The Morgan fingerprint density at radius 3 is 0.444 bits per heavy atom. The van der Waals surface area contributed by atoms with E-state index in [-0.39, 0.29) is 77.7 Å². The van der Waals surface area contributed by atoms with Crippen LogP contribution in [-0.4, -0.2) is 61.4 Å². The fourth-order valence-corrected chi connectivity index (χ4v) is 0. The Labute approximate surface area is 78.2 Å². The molecule has 9 heteroatoms. The standard InChI is InChI=1S/Mg.7H2O.H2S.2H/h;8*1H2;;/q+2;;;;;;;;;2*-1. The van der Waals surface area contributed by atoms with Gasteiger partial charge in [-0.3, -0.25) is 0 Å². The van der Waals surface area contributed by atoms with Gasteiger partial charge in [0, 0.05) is 0 Å². The zero-order valence-corrected chi connectivity index (χ0v) is 7.12. The smallest absolute Gasteiger partial charge is 1.00 e. The molecule has 7 nitrogen and oxygen atoms in total. The molecule has 0 saturated heterocycles. The van der Waals surface area contributed by atoms with Crippen molar-refractivity contribution >= 4 is 36.5 Å². The van der Waals surface area contributed by atoms with Gasteiger partial charge in [-0.1, -0.05) is 0 Å². The van der Waals surface area contributed by atoms with E-state index in [2.05, 4.69) is 0 Å². The number of rotatable bonds is 0. The van der Waals surface area contributed by atoms with Gasteiger partial charge >= 0.3 is 23.1 Å². The first kappa shape index (κ1) is 1100. The average molecular weight is 187 g/mol. The quantitative estimate of drug-likeness (QED) is 0.322. The molecule has 0 aliphatic carbocycles. The molecule has 0 amide bonds. The molecule has 0 atom stereocenters. The van der Waals surface area contributed by atoms with Crippen molar-refractivity contribution in [2.45, 2.75) is 0 Å². The Hall–Kier alpha value is 0.836. The summed E-state index contributed by atoms with van der Waals surface area (Å²) in [6.45, 7) is 0. The van der Waals surface area contributed by atoms with Crippen LogP contribution in [0.15, 0.2) is 0 Å². The third kappa shape index (κ3) is 591. The molecule has 0 heterocycles. The molecule has 0 fully saturated rings.